The molecule has 2 rings (SSSR count). The van der Waals surface area contributed by atoms with Crippen LogP contribution in [0, 0.1) is 0 Å². The molecule has 0 bridgehead atoms. The van der Waals surface area contributed by atoms with Crippen LogP contribution < -0.4 is 16.4 Å². The van der Waals surface area contributed by atoms with Gasteiger partial charge < -0.3 is 16.4 Å². The van der Waals surface area contributed by atoms with Crippen molar-refractivity contribution in [2.75, 3.05) is 5.32 Å². The molecule has 1 aromatic carbocycles. The molecule has 0 radical (unpaired) electrons. The van der Waals surface area contributed by atoms with Crippen LogP contribution in [-0.2, 0) is 4.79 Å². The van der Waals surface area contributed by atoms with Crippen LogP contribution in [0.5, 0.6) is 0 Å². The Labute approximate surface area is 118 Å². The minimum absolute atomic E-state index is 0.112. The second-order valence-corrected chi connectivity index (χ2v) is 4.95. The zero-order valence-corrected chi connectivity index (χ0v) is 11.3. The topological polar surface area (TPSA) is 84.2 Å². The van der Waals surface area contributed by atoms with Gasteiger partial charge in [-0.2, -0.15) is 0 Å². The van der Waals surface area contributed by atoms with Crippen LogP contribution in [0.4, 0.5) is 5.69 Å². The molecule has 5 nitrogen and oxygen atoms in total. The predicted molar refractivity (Wildman–Crippen MR) is 78.3 cm³/mol. The molecule has 0 spiro atoms. The summed E-state index contributed by atoms with van der Waals surface area (Å²) in [5.41, 5.74) is 6.79. The van der Waals surface area contributed by atoms with E-state index >= 15 is 0 Å². The third-order valence-electron chi connectivity index (χ3n) is 3.06. The molecule has 0 heterocycles. The second kappa shape index (κ2) is 6.34. The number of nitrogens with two attached hydrogens (primary N) is 1. The third-order valence-corrected chi connectivity index (χ3v) is 3.06. The Hall–Kier alpha value is -2.14. The van der Waals surface area contributed by atoms with E-state index in [9.17, 15) is 9.59 Å². The molecule has 1 aliphatic rings. The van der Waals surface area contributed by atoms with Crippen LogP contribution in [0.1, 0.15) is 29.6 Å². The Bertz CT molecular complexity index is 524. The predicted octanol–water partition coefficient (Wildman–Crippen LogP) is 1.42. The zero-order chi connectivity index (χ0) is 14.5. The number of anilines is 1. The van der Waals surface area contributed by atoms with Gasteiger partial charge in [0, 0.05) is 17.3 Å². The van der Waals surface area contributed by atoms with Crippen molar-refractivity contribution < 1.29 is 9.59 Å². The van der Waals surface area contributed by atoms with Crippen molar-refractivity contribution in [2.45, 2.75) is 31.3 Å². The Balaban J connectivity index is 1.99. The highest BCUT2D eigenvalue weighted by Gasteiger charge is 2.23. The van der Waals surface area contributed by atoms with Crippen LogP contribution in [0.3, 0.4) is 0 Å². The summed E-state index contributed by atoms with van der Waals surface area (Å²) in [6.07, 6.45) is 4.09. The van der Waals surface area contributed by atoms with Crippen LogP contribution >= 0.6 is 0 Å². The van der Waals surface area contributed by atoms with E-state index in [2.05, 4.69) is 17.2 Å². The second-order valence-electron chi connectivity index (χ2n) is 4.95. The molecule has 0 aliphatic heterocycles. The van der Waals surface area contributed by atoms with Crippen LogP contribution in [-0.4, -0.2) is 23.9 Å². The van der Waals surface area contributed by atoms with E-state index in [0.29, 0.717) is 23.7 Å². The quantitative estimate of drug-likeness (QED) is 0.685. The van der Waals surface area contributed by atoms with Crippen molar-refractivity contribution in [1.29, 1.82) is 0 Å². The first-order valence-corrected chi connectivity index (χ1v) is 6.68. The summed E-state index contributed by atoms with van der Waals surface area (Å²) in [4.78, 5) is 23.7. The normalized spacial score (nSPS) is 15.2. The molecule has 0 aromatic heterocycles. The first-order chi connectivity index (χ1) is 9.60. The van der Waals surface area contributed by atoms with E-state index < -0.39 is 6.04 Å². The first kappa shape index (κ1) is 14.3. The van der Waals surface area contributed by atoms with Crippen LogP contribution in [0.2, 0.25) is 0 Å². The molecule has 4 N–H and O–H groups in total. The van der Waals surface area contributed by atoms with Gasteiger partial charge in [-0.15, -0.1) is 6.58 Å². The Morgan fingerprint density at radius 3 is 2.85 bits per heavy atom. The number of carbonyl (C=O) groups excluding carboxylic acids is 2. The summed E-state index contributed by atoms with van der Waals surface area (Å²) in [7, 11) is 0. The van der Waals surface area contributed by atoms with E-state index in [0.717, 1.165) is 12.8 Å². The van der Waals surface area contributed by atoms with Gasteiger partial charge in [0.15, 0.2) is 0 Å². The Morgan fingerprint density at radius 1 is 1.45 bits per heavy atom. The summed E-state index contributed by atoms with van der Waals surface area (Å²) in [5.74, 6) is -0.399. The third kappa shape index (κ3) is 3.93. The maximum absolute atomic E-state index is 11.9. The lowest BCUT2D eigenvalue weighted by atomic mass is 10.1. The fraction of sp³-hybridized carbons (Fsp3) is 0.333. The molecule has 2 amide bonds. The molecule has 106 valence electrons. The molecular formula is C15H19N3O2. The van der Waals surface area contributed by atoms with Crippen molar-refractivity contribution in [3.8, 4) is 0 Å². The number of hydrogen-bond donors (Lipinski definition) is 3. The number of rotatable bonds is 6. The number of amides is 2. The Kier molecular flexibility index (Phi) is 4.53. The molecule has 20 heavy (non-hydrogen) atoms. The molecule has 1 aromatic rings. The lowest BCUT2D eigenvalue weighted by molar-refractivity contribution is -0.117. The summed E-state index contributed by atoms with van der Waals surface area (Å²) in [6.45, 7) is 3.55. The van der Waals surface area contributed by atoms with Gasteiger partial charge in [-0.05, 0) is 37.5 Å². The summed E-state index contributed by atoms with van der Waals surface area (Å²) in [6, 6.07) is 6.51. The van der Waals surface area contributed by atoms with Gasteiger partial charge in [0.05, 0.1) is 6.04 Å². The summed E-state index contributed by atoms with van der Waals surface area (Å²) in [5, 5.41) is 5.60. The largest absolute Gasteiger partial charge is 0.349 e. The zero-order valence-electron chi connectivity index (χ0n) is 11.3. The molecule has 1 fully saturated rings. The van der Waals surface area contributed by atoms with Gasteiger partial charge in [-0.3, -0.25) is 9.59 Å². The smallest absolute Gasteiger partial charge is 0.251 e. The van der Waals surface area contributed by atoms with E-state index in [1.807, 2.05) is 0 Å². The van der Waals surface area contributed by atoms with Gasteiger partial charge in [0.25, 0.3) is 5.91 Å². The SMILES string of the molecule is C=CCC(N)C(=O)Nc1cccc(C(=O)NC2CC2)c1. The van der Waals surface area contributed by atoms with Crippen molar-refractivity contribution in [3.63, 3.8) is 0 Å². The van der Waals surface area contributed by atoms with Crippen LogP contribution in [0.15, 0.2) is 36.9 Å². The maximum Gasteiger partial charge on any atom is 0.251 e. The fourth-order valence-electron chi connectivity index (χ4n) is 1.76. The molecule has 1 aliphatic carbocycles. The highest BCUT2D eigenvalue weighted by Crippen LogP contribution is 2.20. The van der Waals surface area contributed by atoms with Gasteiger partial charge >= 0.3 is 0 Å². The van der Waals surface area contributed by atoms with Crippen molar-refractivity contribution in [3.05, 3.63) is 42.5 Å². The van der Waals surface area contributed by atoms with E-state index in [-0.39, 0.29) is 11.8 Å². The standard InChI is InChI=1S/C15H19N3O2/c1-2-4-13(16)15(20)18-12-6-3-5-10(9-12)14(19)17-11-7-8-11/h2-3,5-6,9,11,13H,1,4,7-8,16H2,(H,17,19)(H,18,20). The molecule has 1 unspecified atom stereocenters. The highest BCUT2D eigenvalue weighted by molar-refractivity contribution is 5.98. The summed E-state index contributed by atoms with van der Waals surface area (Å²) < 4.78 is 0. The van der Waals surface area contributed by atoms with Crippen molar-refractivity contribution in [2.24, 2.45) is 5.73 Å². The molecule has 0 saturated heterocycles. The Morgan fingerprint density at radius 2 is 2.20 bits per heavy atom. The van der Waals surface area contributed by atoms with Crippen LogP contribution in [0.25, 0.3) is 0 Å². The molecule has 5 heteroatoms. The van der Waals surface area contributed by atoms with E-state index in [1.165, 1.54) is 0 Å². The van der Waals surface area contributed by atoms with Gasteiger partial charge in [0.1, 0.15) is 0 Å². The minimum Gasteiger partial charge on any atom is -0.349 e. The van der Waals surface area contributed by atoms with Gasteiger partial charge in [-0.1, -0.05) is 12.1 Å². The number of benzene rings is 1. The monoisotopic (exact) mass is 273 g/mol. The average molecular weight is 273 g/mol. The minimum atomic E-state index is -0.628. The summed E-state index contributed by atoms with van der Waals surface area (Å²) >= 11 is 0. The molecule has 1 atom stereocenters. The molecular weight excluding hydrogens is 254 g/mol. The van der Waals surface area contributed by atoms with Gasteiger partial charge in [-0.25, -0.2) is 0 Å². The van der Waals surface area contributed by atoms with E-state index in [4.69, 9.17) is 5.73 Å². The van der Waals surface area contributed by atoms with Crippen molar-refractivity contribution in [1.82, 2.24) is 5.32 Å². The number of carbonyl (C=O) groups is 2. The average Bonchev–Trinajstić information content (AvgIpc) is 3.23. The highest BCUT2D eigenvalue weighted by atomic mass is 16.2. The lowest BCUT2D eigenvalue weighted by Crippen LogP contribution is -2.35. The number of nitrogens with one attached hydrogen (secondary N) is 2. The number of hydrogen-bond acceptors (Lipinski definition) is 3. The first-order valence-electron chi connectivity index (χ1n) is 6.68. The van der Waals surface area contributed by atoms with Gasteiger partial charge in [0.2, 0.25) is 5.91 Å². The lowest BCUT2D eigenvalue weighted by Gasteiger charge is -2.11. The maximum atomic E-state index is 11.9. The van der Waals surface area contributed by atoms with Crippen molar-refractivity contribution >= 4 is 17.5 Å². The fourth-order valence-corrected chi connectivity index (χ4v) is 1.76. The van der Waals surface area contributed by atoms with E-state index in [1.54, 1.807) is 30.3 Å². The molecule has 1 saturated carbocycles.